The summed E-state index contributed by atoms with van der Waals surface area (Å²) < 4.78 is 0. The van der Waals surface area contributed by atoms with Gasteiger partial charge in [-0.25, -0.2) is 0 Å². The minimum atomic E-state index is -0.208. The molecule has 2 N–H and O–H groups in total. The summed E-state index contributed by atoms with van der Waals surface area (Å²) >= 11 is 0. The predicted molar refractivity (Wildman–Crippen MR) is 67.5 cm³/mol. The Morgan fingerprint density at radius 3 is 3.06 bits per heavy atom. The molecule has 5 heteroatoms. The van der Waals surface area contributed by atoms with Crippen LogP contribution in [0, 0.1) is 5.92 Å². The molecule has 1 aromatic rings. The molecule has 3 heterocycles. The van der Waals surface area contributed by atoms with Crippen molar-refractivity contribution in [2.75, 3.05) is 13.1 Å². The molecule has 3 atom stereocenters. The molecule has 0 aliphatic carbocycles. The maximum Gasteiger partial charge on any atom is 0.259 e. The Labute approximate surface area is 105 Å². The van der Waals surface area contributed by atoms with Crippen LogP contribution < -0.4 is 10.7 Å². The van der Waals surface area contributed by atoms with Crippen LogP contribution in [0.5, 0.6) is 0 Å². The van der Waals surface area contributed by atoms with E-state index in [1.54, 1.807) is 6.20 Å². The second-order valence-corrected chi connectivity index (χ2v) is 5.21. The molecule has 2 aliphatic heterocycles. The highest BCUT2D eigenvalue weighted by Crippen LogP contribution is 2.32. The van der Waals surface area contributed by atoms with Crippen LogP contribution in [0.4, 0.5) is 0 Å². The lowest BCUT2D eigenvalue weighted by Crippen LogP contribution is -2.44. The molecule has 0 spiro atoms. The molecular formula is C13H17N3O2. The molecule has 0 bridgehead atoms. The number of pyridine rings is 1. The average Bonchev–Trinajstić information content (AvgIpc) is 2.88. The second-order valence-electron chi connectivity index (χ2n) is 5.21. The largest absolute Gasteiger partial charge is 0.367 e. The van der Waals surface area contributed by atoms with E-state index in [-0.39, 0.29) is 29.0 Å². The van der Waals surface area contributed by atoms with Crippen molar-refractivity contribution in [3.05, 3.63) is 34.2 Å². The molecule has 0 aromatic carbocycles. The Kier molecular flexibility index (Phi) is 2.70. The summed E-state index contributed by atoms with van der Waals surface area (Å²) in [6, 6.07) is 1.86. The Balaban J connectivity index is 1.93. The van der Waals surface area contributed by atoms with Crippen molar-refractivity contribution in [3.8, 4) is 0 Å². The number of H-pyrrole nitrogens is 1. The smallest absolute Gasteiger partial charge is 0.259 e. The summed E-state index contributed by atoms with van der Waals surface area (Å²) in [5, 5.41) is 3.32. The fourth-order valence-electron chi connectivity index (χ4n) is 3.24. The number of carbonyl (C=O) groups excluding carboxylic acids is 1. The zero-order valence-electron chi connectivity index (χ0n) is 10.3. The molecule has 2 saturated heterocycles. The highest BCUT2D eigenvalue weighted by molar-refractivity contribution is 5.94. The van der Waals surface area contributed by atoms with Gasteiger partial charge in [-0.2, -0.15) is 0 Å². The van der Waals surface area contributed by atoms with Crippen LogP contribution in [0.3, 0.4) is 0 Å². The fourth-order valence-corrected chi connectivity index (χ4v) is 3.24. The lowest BCUT2D eigenvalue weighted by Gasteiger charge is -2.27. The van der Waals surface area contributed by atoms with Crippen molar-refractivity contribution in [3.63, 3.8) is 0 Å². The Hall–Kier alpha value is -1.62. The monoisotopic (exact) mass is 247 g/mol. The van der Waals surface area contributed by atoms with Crippen LogP contribution in [0.1, 0.15) is 23.7 Å². The van der Waals surface area contributed by atoms with E-state index in [0.29, 0.717) is 5.92 Å². The number of carbonyl (C=O) groups is 1. The second kappa shape index (κ2) is 4.24. The van der Waals surface area contributed by atoms with Crippen LogP contribution in [0.2, 0.25) is 0 Å². The molecule has 3 rings (SSSR count). The van der Waals surface area contributed by atoms with Crippen molar-refractivity contribution >= 4 is 5.91 Å². The minimum absolute atomic E-state index is 0.138. The number of aromatic amines is 1. The number of hydrogen-bond donors (Lipinski definition) is 2. The number of fused-ring (bicyclic) bond motifs is 1. The number of aromatic nitrogens is 1. The van der Waals surface area contributed by atoms with Gasteiger partial charge in [0.2, 0.25) is 0 Å². The number of rotatable bonds is 1. The number of hydrogen-bond acceptors (Lipinski definition) is 3. The number of nitrogens with zero attached hydrogens (tertiary/aromatic N) is 1. The van der Waals surface area contributed by atoms with Crippen LogP contribution in [-0.2, 0) is 0 Å². The highest BCUT2D eigenvalue weighted by atomic mass is 16.2. The summed E-state index contributed by atoms with van der Waals surface area (Å²) in [4.78, 5) is 28.9. The third-order valence-corrected chi connectivity index (χ3v) is 4.07. The van der Waals surface area contributed by atoms with E-state index in [1.165, 1.54) is 12.3 Å². The molecule has 0 radical (unpaired) electrons. The van der Waals surface area contributed by atoms with Gasteiger partial charge in [-0.3, -0.25) is 9.59 Å². The van der Waals surface area contributed by atoms with Crippen molar-refractivity contribution < 1.29 is 4.79 Å². The Morgan fingerprint density at radius 2 is 2.28 bits per heavy atom. The Bertz CT molecular complexity index is 525. The summed E-state index contributed by atoms with van der Waals surface area (Å²) in [6.45, 7) is 3.88. The standard InChI is InChI=1S/C13H17N3O2/c1-8-4-9-5-15-7-11(9)16(8)13(18)10-6-14-3-2-12(10)17/h2-3,6,8-9,11,15H,4-5,7H2,1H3,(H,14,17). The SMILES string of the molecule is CC1CC2CNCC2N1C(=O)c1c[nH]ccc1=O. The van der Waals surface area contributed by atoms with E-state index in [4.69, 9.17) is 0 Å². The van der Waals surface area contributed by atoms with Gasteiger partial charge < -0.3 is 15.2 Å². The highest BCUT2D eigenvalue weighted by Gasteiger charge is 2.44. The van der Waals surface area contributed by atoms with E-state index in [1.807, 2.05) is 4.90 Å². The first-order valence-electron chi connectivity index (χ1n) is 6.39. The summed E-state index contributed by atoms with van der Waals surface area (Å²) in [5.41, 5.74) is 0.0391. The molecule has 96 valence electrons. The number of likely N-dealkylation sites (tertiary alicyclic amines) is 1. The number of amides is 1. The van der Waals surface area contributed by atoms with E-state index in [2.05, 4.69) is 17.2 Å². The Morgan fingerprint density at radius 1 is 1.44 bits per heavy atom. The average molecular weight is 247 g/mol. The minimum Gasteiger partial charge on any atom is -0.367 e. The van der Waals surface area contributed by atoms with Crippen LogP contribution in [-0.4, -0.2) is 41.0 Å². The van der Waals surface area contributed by atoms with Crippen molar-refractivity contribution in [2.45, 2.75) is 25.4 Å². The molecule has 2 fully saturated rings. The third kappa shape index (κ3) is 1.66. The third-order valence-electron chi connectivity index (χ3n) is 4.07. The summed E-state index contributed by atoms with van der Waals surface area (Å²) in [7, 11) is 0. The van der Waals surface area contributed by atoms with Gasteiger partial charge in [0.1, 0.15) is 5.56 Å². The van der Waals surface area contributed by atoms with Crippen molar-refractivity contribution in [2.24, 2.45) is 5.92 Å². The zero-order chi connectivity index (χ0) is 12.7. The lowest BCUT2D eigenvalue weighted by atomic mass is 10.0. The quantitative estimate of drug-likeness (QED) is 0.745. The maximum atomic E-state index is 12.5. The van der Waals surface area contributed by atoms with Gasteiger partial charge in [0.25, 0.3) is 5.91 Å². The maximum absolute atomic E-state index is 12.5. The van der Waals surface area contributed by atoms with Gasteiger partial charge in [-0.15, -0.1) is 0 Å². The molecule has 1 amide bonds. The van der Waals surface area contributed by atoms with Gasteiger partial charge >= 0.3 is 0 Å². The first kappa shape index (κ1) is 11.5. The van der Waals surface area contributed by atoms with Crippen molar-refractivity contribution in [1.82, 2.24) is 15.2 Å². The molecule has 1 aromatic heterocycles. The normalized spacial score (nSPS) is 30.5. The van der Waals surface area contributed by atoms with Crippen LogP contribution in [0.15, 0.2) is 23.3 Å². The first-order chi connectivity index (χ1) is 8.68. The predicted octanol–water partition coefficient (Wildman–Crippen LogP) is 0.197. The van der Waals surface area contributed by atoms with E-state index >= 15 is 0 Å². The molecule has 0 saturated carbocycles. The molecular weight excluding hydrogens is 230 g/mol. The molecule has 5 nitrogen and oxygen atoms in total. The topological polar surface area (TPSA) is 65.2 Å². The number of nitrogens with one attached hydrogen (secondary N) is 2. The van der Waals surface area contributed by atoms with Crippen molar-refractivity contribution in [1.29, 1.82) is 0 Å². The zero-order valence-corrected chi connectivity index (χ0v) is 10.3. The van der Waals surface area contributed by atoms with Gasteiger partial charge in [0.05, 0.1) is 0 Å². The fraction of sp³-hybridized carbons (Fsp3) is 0.538. The molecule has 3 unspecified atom stereocenters. The van der Waals surface area contributed by atoms with Crippen LogP contribution >= 0.6 is 0 Å². The summed E-state index contributed by atoms with van der Waals surface area (Å²) in [5.74, 6) is 0.396. The van der Waals surface area contributed by atoms with Gasteiger partial charge in [0, 0.05) is 43.6 Å². The van der Waals surface area contributed by atoms with E-state index < -0.39 is 0 Å². The van der Waals surface area contributed by atoms with Gasteiger partial charge in [0.15, 0.2) is 5.43 Å². The summed E-state index contributed by atoms with van der Waals surface area (Å²) in [6.07, 6.45) is 4.08. The van der Waals surface area contributed by atoms with Gasteiger partial charge in [-0.05, 0) is 19.3 Å². The van der Waals surface area contributed by atoms with E-state index in [9.17, 15) is 9.59 Å². The first-order valence-corrected chi connectivity index (χ1v) is 6.39. The van der Waals surface area contributed by atoms with Crippen LogP contribution in [0.25, 0.3) is 0 Å². The molecule has 2 aliphatic rings. The van der Waals surface area contributed by atoms with E-state index in [0.717, 1.165) is 19.5 Å². The van der Waals surface area contributed by atoms with Gasteiger partial charge in [-0.1, -0.05) is 0 Å². The molecule has 18 heavy (non-hydrogen) atoms. The lowest BCUT2D eigenvalue weighted by molar-refractivity contribution is 0.0680.